The van der Waals surface area contributed by atoms with Gasteiger partial charge in [0.25, 0.3) is 0 Å². The van der Waals surface area contributed by atoms with E-state index >= 15 is 0 Å². The van der Waals surface area contributed by atoms with Crippen LogP contribution in [0.1, 0.15) is 38.2 Å². The van der Waals surface area contributed by atoms with Crippen LogP contribution in [0.4, 0.5) is 5.69 Å². The van der Waals surface area contributed by atoms with E-state index in [1.165, 1.54) is 37.2 Å². The smallest absolute Gasteiger partial charge is 0.0431 e. The Morgan fingerprint density at radius 2 is 1.85 bits per heavy atom. The number of aliphatic hydroxyl groups excluding tert-OH is 1. The fourth-order valence-electron chi connectivity index (χ4n) is 2.68. The third-order valence-electron chi connectivity index (χ3n) is 4.15. The third kappa shape index (κ3) is 5.14. The molecule has 1 heterocycles. The van der Waals surface area contributed by atoms with E-state index in [1.54, 1.807) is 0 Å². The van der Waals surface area contributed by atoms with Crippen molar-refractivity contribution in [3.05, 3.63) is 29.8 Å². The summed E-state index contributed by atoms with van der Waals surface area (Å²) in [5, 5.41) is 12.1. The molecular formula is C17H28N2O. The van der Waals surface area contributed by atoms with Crippen LogP contribution >= 0.6 is 0 Å². The zero-order chi connectivity index (χ0) is 14.2. The van der Waals surface area contributed by atoms with Gasteiger partial charge >= 0.3 is 0 Å². The lowest BCUT2D eigenvalue weighted by Crippen LogP contribution is -2.32. The SMILES string of the molecule is CC1CCN(Cc2ccc(NCCCCO)cc2)CC1. The molecule has 1 aliphatic heterocycles. The maximum atomic E-state index is 8.74. The molecule has 0 radical (unpaired) electrons. The van der Waals surface area contributed by atoms with Gasteiger partial charge in [0, 0.05) is 25.4 Å². The van der Waals surface area contributed by atoms with Crippen molar-refractivity contribution in [2.45, 2.75) is 39.2 Å². The van der Waals surface area contributed by atoms with Gasteiger partial charge in [-0.25, -0.2) is 0 Å². The molecule has 0 aliphatic carbocycles. The van der Waals surface area contributed by atoms with Gasteiger partial charge in [0.1, 0.15) is 0 Å². The number of unbranched alkanes of at least 4 members (excludes halogenated alkanes) is 1. The number of nitrogens with one attached hydrogen (secondary N) is 1. The first kappa shape index (κ1) is 15.3. The Labute approximate surface area is 123 Å². The van der Waals surface area contributed by atoms with Gasteiger partial charge in [-0.05, 0) is 62.4 Å². The summed E-state index contributed by atoms with van der Waals surface area (Å²) in [5.74, 6) is 0.900. The first-order valence-electron chi connectivity index (χ1n) is 7.94. The Morgan fingerprint density at radius 1 is 1.15 bits per heavy atom. The van der Waals surface area contributed by atoms with Crippen LogP contribution in [0.2, 0.25) is 0 Å². The maximum Gasteiger partial charge on any atom is 0.0431 e. The summed E-state index contributed by atoms with van der Waals surface area (Å²) in [6, 6.07) is 8.79. The molecule has 1 fully saturated rings. The van der Waals surface area contributed by atoms with Crippen molar-refractivity contribution in [2.75, 3.05) is 31.6 Å². The second kappa shape index (κ2) is 8.28. The van der Waals surface area contributed by atoms with Gasteiger partial charge in [0.2, 0.25) is 0 Å². The number of anilines is 1. The van der Waals surface area contributed by atoms with Crippen LogP contribution in [-0.4, -0.2) is 36.2 Å². The lowest BCUT2D eigenvalue weighted by atomic mass is 9.99. The normalized spacial score (nSPS) is 17.3. The molecule has 3 heteroatoms. The molecule has 0 atom stereocenters. The standard InChI is InChI=1S/C17H28N2O/c1-15-8-11-19(12-9-15)14-16-4-6-17(7-5-16)18-10-2-3-13-20/h4-7,15,18,20H,2-3,8-14H2,1H3. The highest BCUT2D eigenvalue weighted by Crippen LogP contribution is 2.19. The second-order valence-corrected chi connectivity index (χ2v) is 6.01. The summed E-state index contributed by atoms with van der Waals surface area (Å²) in [4.78, 5) is 2.56. The van der Waals surface area contributed by atoms with E-state index in [9.17, 15) is 0 Å². The molecule has 20 heavy (non-hydrogen) atoms. The van der Waals surface area contributed by atoms with Crippen molar-refractivity contribution < 1.29 is 5.11 Å². The van der Waals surface area contributed by atoms with Crippen LogP contribution in [0.25, 0.3) is 0 Å². The molecular weight excluding hydrogens is 248 g/mol. The van der Waals surface area contributed by atoms with Gasteiger partial charge in [-0.1, -0.05) is 19.1 Å². The Balaban J connectivity index is 1.73. The molecule has 1 saturated heterocycles. The molecule has 0 saturated carbocycles. The minimum Gasteiger partial charge on any atom is -0.396 e. The lowest BCUT2D eigenvalue weighted by molar-refractivity contribution is 0.185. The molecule has 2 rings (SSSR count). The summed E-state index contributed by atoms with van der Waals surface area (Å²) >= 11 is 0. The topological polar surface area (TPSA) is 35.5 Å². The fourth-order valence-corrected chi connectivity index (χ4v) is 2.68. The van der Waals surface area contributed by atoms with Gasteiger partial charge in [-0.15, -0.1) is 0 Å². The molecule has 112 valence electrons. The molecule has 0 amide bonds. The average Bonchev–Trinajstić information content (AvgIpc) is 2.48. The van der Waals surface area contributed by atoms with Crippen LogP contribution in [0.3, 0.4) is 0 Å². The van der Waals surface area contributed by atoms with E-state index < -0.39 is 0 Å². The number of piperidine rings is 1. The number of aliphatic hydroxyl groups is 1. The molecule has 0 bridgehead atoms. The Hall–Kier alpha value is -1.06. The first-order chi connectivity index (χ1) is 9.78. The van der Waals surface area contributed by atoms with E-state index in [-0.39, 0.29) is 6.61 Å². The molecule has 0 aromatic heterocycles. The number of rotatable bonds is 7. The predicted molar refractivity (Wildman–Crippen MR) is 84.9 cm³/mol. The molecule has 0 unspecified atom stereocenters. The highest BCUT2D eigenvalue weighted by Gasteiger charge is 2.15. The Morgan fingerprint density at radius 3 is 2.50 bits per heavy atom. The Bertz CT molecular complexity index is 369. The van der Waals surface area contributed by atoms with Gasteiger partial charge in [0.05, 0.1) is 0 Å². The van der Waals surface area contributed by atoms with Crippen LogP contribution in [0, 0.1) is 5.92 Å². The van der Waals surface area contributed by atoms with Crippen LogP contribution in [0.15, 0.2) is 24.3 Å². The highest BCUT2D eigenvalue weighted by atomic mass is 16.2. The van der Waals surface area contributed by atoms with E-state index in [4.69, 9.17) is 5.11 Å². The monoisotopic (exact) mass is 276 g/mol. The predicted octanol–water partition coefficient (Wildman–Crippen LogP) is 3.10. The largest absolute Gasteiger partial charge is 0.396 e. The van der Waals surface area contributed by atoms with Crippen molar-refractivity contribution in [3.63, 3.8) is 0 Å². The maximum absolute atomic E-state index is 8.74. The first-order valence-corrected chi connectivity index (χ1v) is 7.94. The molecule has 2 N–H and O–H groups in total. The van der Waals surface area contributed by atoms with Crippen LogP contribution in [0.5, 0.6) is 0 Å². The van der Waals surface area contributed by atoms with Crippen molar-refractivity contribution in [2.24, 2.45) is 5.92 Å². The van der Waals surface area contributed by atoms with Gasteiger partial charge < -0.3 is 10.4 Å². The second-order valence-electron chi connectivity index (χ2n) is 6.01. The molecule has 1 aromatic rings. The quantitative estimate of drug-likeness (QED) is 0.751. The van der Waals surface area contributed by atoms with Gasteiger partial charge in [0.15, 0.2) is 0 Å². The molecule has 0 spiro atoms. The van der Waals surface area contributed by atoms with E-state index in [0.29, 0.717) is 0 Å². The van der Waals surface area contributed by atoms with E-state index in [0.717, 1.165) is 31.8 Å². The van der Waals surface area contributed by atoms with Crippen LogP contribution in [-0.2, 0) is 6.54 Å². The summed E-state index contributed by atoms with van der Waals surface area (Å²) in [6.45, 7) is 7.13. The van der Waals surface area contributed by atoms with Crippen molar-refractivity contribution >= 4 is 5.69 Å². The number of hydrogen-bond acceptors (Lipinski definition) is 3. The third-order valence-corrected chi connectivity index (χ3v) is 4.15. The zero-order valence-corrected chi connectivity index (χ0v) is 12.6. The number of likely N-dealkylation sites (tertiary alicyclic amines) is 1. The van der Waals surface area contributed by atoms with Crippen molar-refractivity contribution in [1.29, 1.82) is 0 Å². The van der Waals surface area contributed by atoms with Gasteiger partial charge in [-0.3, -0.25) is 4.90 Å². The molecule has 1 aromatic carbocycles. The van der Waals surface area contributed by atoms with Gasteiger partial charge in [-0.2, -0.15) is 0 Å². The number of nitrogens with zero attached hydrogens (tertiary/aromatic N) is 1. The van der Waals surface area contributed by atoms with Crippen LogP contribution < -0.4 is 5.32 Å². The Kier molecular flexibility index (Phi) is 6.34. The highest BCUT2D eigenvalue weighted by molar-refractivity contribution is 5.44. The number of benzene rings is 1. The summed E-state index contributed by atoms with van der Waals surface area (Å²) in [7, 11) is 0. The van der Waals surface area contributed by atoms with Crippen molar-refractivity contribution in [1.82, 2.24) is 4.90 Å². The fraction of sp³-hybridized carbons (Fsp3) is 0.647. The molecule has 1 aliphatic rings. The summed E-state index contributed by atoms with van der Waals surface area (Å²) < 4.78 is 0. The molecule has 3 nitrogen and oxygen atoms in total. The van der Waals surface area contributed by atoms with E-state index in [1.807, 2.05) is 0 Å². The summed E-state index contributed by atoms with van der Waals surface area (Å²) in [5.41, 5.74) is 2.58. The lowest BCUT2D eigenvalue weighted by Gasteiger charge is -2.30. The minimum atomic E-state index is 0.287. The minimum absolute atomic E-state index is 0.287. The van der Waals surface area contributed by atoms with E-state index in [2.05, 4.69) is 41.4 Å². The average molecular weight is 276 g/mol. The van der Waals surface area contributed by atoms with Crippen molar-refractivity contribution in [3.8, 4) is 0 Å². The summed E-state index contributed by atoms with van der Waals surface area (Å²) in [6.07, 6.45) is 4.57. The zero-order valence-electron chi connectivity index (χ0n) is 12.6. The number of hydrogen-bond donors (Lipinski definition) is 2.